The number of halogens is 2. The first-order chi connectivity index (χ1) is 7.13. The van der Waals surface area contributed by atoms with Crippen molar-refractivity contribution in [3.8, 4) is 0 Å². The van der Waals surface area contributed by atoms with Crippen LogP contribution in [0.15, 0.2) is 30.9 Å². The zero-order valence-electron chi connectivity index (χ0n) is 7.89. The van der Waals surface area contributed by atoms with Gasteiger partial charge < -0.3 is 10.6 Å². The van der Waals surface area contributed by atoms with Gasteiger partial charge in [0.05, 0.1) is 5.69 Å². The summed E-state index contributed by atoms with van der Waals surface area (Å²) in [4.78, 5) is 0. The van der Waals surface area contributed by atoms with Crippen molar-refractivity contribution in [1.82, 2.24) is 5.32 Å². The number of hydrogen-bond donors (Lipinski definition) is 2. The highest BCUT2D eigenvalue weighted by atomic mass is 35.5. The smallest absolute Gasteiger partial charge is 0.171 e. The molecule has 0 radical (unpaired) electrons. The van der Waals surface area contributed by atoms with Gasteiger partial charge in [0.25, 0.3) is 0 Å². The molecule has 2 N–H and O–H groups in total. The molecule has 0 aliphatic carbocycles. The van der Waals surface area contributed by atoms with Crippen molar-refractivity contribution in [3.63, 3.8) is 0 Å². The summed E-state index contributed by atoms with van der Waals surface area (Å²) in [6, 6.07) is 4.22. The Bertz CT molecular complexity index is 382. The van der Waals surface area contributed by atoms with Crippen LogP contribution in [0.3, 0.4) is 0 Å². The van der Waals surface area contributed by atoms with E-state index >= 15 is 0 Å². The first-order valence-corrected chi connectivity index (χ1v) is 5.03. The van der Waals surface area contributed by atoms with Gasteiger partial charge >= 0.3 is 0 Å². The van der Waals surface area contributed by atoms with E-state index in [1.165, 1.54) is 18.2 Å². The van der Waals surface area contributed by atoms with Gasteiger partial charge in [-0.2, -0.15) is 0 Å². The Labute approximate surface area is 98.1 Å². The van der Waals surface area contributed by atoms with Crippen molar-refractivity contribution in [2.75, 3.05) is 11.9 Å². The van der Waals surface area contributed by atoms with Crippen molar-refractivity contribution in [3.05, 3.63) is 41.7 Å². The van der Waals surface area contributed by atoms with Gasteiger partial charge in [0, 0.05) is 11.6 Å². The third kappa shape index (κ3) is 3.85. The molecule has 0 atom stereocenters. The van der Waals surface area contributed by atoms with Crippen LogP contribution in [0.1, 0.15) is 0 Å². The standard InChI is InChI=1S/C10H10ClFN2S/c1-2-5-13-10(15)14-9-6-7(11)3-4-8(9)12/h2-4,6H,1,5H2,(H2,13,14,15). The van der Waals surface area contributed by atoms with E-state index in [-0.39, 0.29) is 5.69 Å². The minimum Gasteiger partial charge on any atom is -0.359 e. The molecule has 0 amide bonds. The second-order valence-corrected chi connectivity index (χ2v) is 3.59. The van der Waals surface area contributed by atoms with Crippen LogP contribution in [0.25, 0.3) is 0 Å². The molecule has 0 aromatic heterocycles. The van der Waals surface area contributed by atoms with Gasteiger partial charge in [-0.15, -0.1) is 6.58 Å². The van der Waals surface area contributed by atoms with Crippen LogP contribution in [-0.2, 0) is 0 Å². The molecular formula is C10H10ClFN2S. The third-order valence-electron chi connectivity index (χ3n) is 1.58. The van der Waals surface area contributed by atoms with Gasteiger partial charge in [-0.1, -0.05) is 17.7 Å². The van der Waals surface area contributed by atoms with Crippen LogP contribution in [0.2, 0.25) is 5.02 Å². The first-order valence-electron chi connectivity index (χ1n) is 4.24. The molecule has 0 aliphatic rings. The maximum Gasteiger partial charge on any atom is 0.171 e. The second-order valence-electron chi connectivity index (χ2n) is 2.75. The Morgan fingerprint density at radius 3 is 3.00 bits per heavy atom. The molecule has 15 heavy (non-hydrogen) atoms. The molecule has 0 aliphatic heterocycles. The van der Waals surface area contributed by atoms with E-state index in [0.717, 1.165) is 0 Å². The summed E-state index contributed by atoms with van der Waals surface area (Å²) >= 11 is 10.6. The van der Waals surface area contributed by atoms with Gasteiger partial charge in [-0.3, -0.25) is 0 Å². The lowest BCUT2D eigenvalue weighted by molar-refractivity contribution is 0.632. The zero-order valence-corrected chi connectivity index (χ0v) is 9.46. The average Bonchev–Trinajstić information content (AvgIpc) is 2.20. The molecule has 0 saturated heterocycles. The Morgan fingerprint density at radius 1 is 1.60 bits per heavy atom. The Kier molecular flexibility index (Phi) is 4.52. The average molecular weight is 245 g/mol. The molecule has 1 aromatic carbocycles. The minimum atomic E-state index is -0.401. The lowest BCUT2D eigenvalue weighted by atomic mass is 10.3. The second kappa shape index (κ2) is 5.68. The lowest BCUT2D eigenvalue weighted by Crippen LogP contribution is -2.28. The summed E-state index contributed by atoms with van der Waals surface area (Å²) in [7, 11) is 0. The van der Waals surface area contributed by atoms with Gasteiger partial charge in [0.1, 0.15) is 5.82 Å². The fourth-order valence-corrected chi connectivity index (χ4v) is 1.29. The van der Waals surface area contributed by atoms with Gasteiger partial charge in [-0.05, 0) is 30.4 Å². The largest absolute Gasteiger partial charge is 0.359 e. The van der Waals surface area contributed by atoms with Crippen molar-refractivity contribution < 1.29 is 4.39 Å². The molecule has 5 heteroatoms. The van der Waals surface area contributed by atoms with Crippen molar-refractivity contribution in [2.45, 2.75) is 0 Å². The quantitative estimate of drug-likeness (QED) is 0.632. The number of anilines is 1. The molecule has 0 fully saturated rings. The van der Waals surface area contributed by atoms with Crippen LogP contribution in [0.4, 0.5) is 10.1 Å². The molecule has 80 valence electrons. The minimum absolute atomic E-state index is 0.254. The van der Waals surface area contributed by atoms with Crippen molar-refractivity contribution >= 4 is 34.6 Å². The van der Waals surface area contributed by atoms with Crippen LogP contribution in [0.5, 0.6) is 0 Å². The van der Waals surface area contributed by atoms with Gasteiger partial charge in [0.2, 0.25) is 0 Å². The zero-order chi connectivity index (χ0) is 11.3. The van der Waals surface area contributed by atoms with Crippen LogP contribution >= 0.6 is 23.8 Å². The van der Waals surface area contributed by atoms with Crippen molar-refractivity contribution in [1.29, 1.82) is 0 Å². The molecule has 0 bridgehead atoms. The fraction of sp³-hybridized carbons (Fsp3) is 0.100. The van der Waals surface area contributed by atoms with E-state index in [4.69, 9.17) is 23.8 Å². The summed E-state index contributed by atoms with van der Waals surface area (Å²) in [6.45, 7) is 4.05. The molecule has 2 nitrogen and oxygen atoms in total. The summed E-state index contributed by atoms with van der Waals surface area (Å²) in [5.41, 5.74) is 0.254. The number of benzene rings is 1. The maximum absolute atomic E-state index is 13.2. The fourth-order valence-electron chi connectivity index (χ4n) is 0.925. The van der Waals surface area contributed by atoms with E-state index in [0.29, 0.717) is 16.7 Å². The number of rotatable bonds is 3. The first kappa shape index (κ1) is 11.9. The lowest BCUT2D eigenvalue weighted by Gasteiger charge is -2.09. The summed E-state index contributed by atoms with van der Waals surface area (Å²) in [5, 5.41) is 6.30. The van der Waals surface area contributed by atoms with E-state index in [2.05, 4.69) is 17.2 Å². The number of nitrogens with one attached hydrogen (secondary N) is 2. The monoisotopic (exact) mass is 244 g/mol. The van der Waals surface area contributed by atoms with Crippen LogP contribution in [-0.4, -0.2) is 11.7 Å². The molecule has 0 heterocycles. The van der Waals surface area contributed by atoms with E-state index in [1.807, 2.05) is 0 Å². The Morgan fingerprint density at radius 2 is 2.33 bits per heavy atom. The summed E-state index contributed by atoms with van der Waals surface area (Å²) in [5.74, 6) is -0.401. The number of thiocarbonyl (C=S) groups is 1. The number of hydrogen-bond acceptors (Lipinski definition) is 1. The van der Waals surface area contributed by atoms with Crippen molar-refractivity contribution in [2.24, 2.45) is 0 Å². The predicted octanol–water partition coefficient (Wildman–Crippen LogP) is 2.95. The predicted molar refractivity (Wildman–Crippen MR) is 65.8 cm³/mol. The molecule has 0 spiro atoms. The topological polar surface area (TPSA) is 24.1 Å². The molecule has 0 unspecified atom stereocenters. The molecule has 1 aromatic rings. The van der Waals surface area contributed by atoms with Gasteiger partial charge in [0.15, 0.2) is 5.11 Å². The normalized spacial score (nSPS) is 9.47. The highest BCUT2D eigenvalue weighted by molar-refractivity contribution is 7.80. The molecule has 1 rings (SSSR count). The Balaban J connectivity index is 2.67. The van der Waals surface area contributed by atoms with Crippen LogP contribution < -0.4 is 10.6 Å². The van der Waals surface area contributed by atoms with Gasteiger partial charge in [-0.25, -0.2) is 4.39 Å². The SMILES string of the molecule is C=CCNC(=S)Nc1cc(Cl)ccc1F. The van der Waals surface area contributed by atoms with E-state index < -0.39 is 5.82 Å². The highest BCUT2D eigenvalue weighted by Crippen LogP contribution is 2.19. The van der Waals surface area contributed by atoms with E-state index in [9.17, 15) is 4.39 Å². The summed E-state index contributed by atoms with van der Waals surface area (Å²) < 4.78 is 13.2. The van der Waals surface area contributed by atoms with Crippen LogP contribution in [0, 0.1) is 5.82 Å². The van der Waals surface area contributed by atoms with E-state index in [1.54, 1.807) is 6.08 Å². The highest BCUT2D eigenvalue weighted by Gasteiger charge is 2.03. The molecule has 0 saturated carbocycles. The molecular weight excluding hydrogens is 235 g/mol. The third-order valence-corrected chi connectivity index (χ3v) is 2.07. The Hall–Kier alpha value is -1.13. The maximum atomic E-state index is 13.2. The summed E-state index contributed by atoms with van der Waals surface area (Å²) in [6.07, 6.45) is 1.66.